The molecule has 0 aromatic carbocycles. The molecule has 3 heteroatoms. The summed E-state index contributed by atoms with van der Waals surface area (Å²) < 4.78 is 0.347. The zero-order chi connectivity index (χ0) is 4.28. The van der Waals surface area contributed by atoms with E-state index >= 15 is 0 Å². The topological polar surface area (TPSA) is 37.3 Å². The van der Waals surface area contributed by atoms with Crippen molar-refractivity contribution in [2.75, 3.05) is 0 Å². The van der Waals surface area contributed by atoms with Gasteiger partial charge < -0.3 is 0 Å². The maximum atomic E-state index is 9.40. The van der Waals surface area contributed by atoms with Gasteiger partial charge in [0.25, 0.3) is 0 Å². The van der Waals surface area contributed by atoms with Crippen molar-refractivity contribution in [1.82, 2.24) is 0 Å². The van der Waals surface area contributed by atoms with E-state index in [0.717, 1.165) is 35.8 Å². The van der Waals surface area contributed by atoms with E-state index in [4.69, 9.17) is 5.11 Å². The quantitative estimate of drug-likeness (QED) is 0.456. The van der Waals surface area contributed by atoms with Crippen molar-refractivity contribution in [3.63, 3.8) is 0 Å². The van der Waals surface area contributed by atoms with Gasteiger partial charge in [0, 0.05) is 0 Å². The van der Waals surface area contributed by atoms with Crippen LogP contribution in [0.1, 0.15) is 0 Å². The first-order valence-corrected chi connectivity index (χ1v) is 2.84. The molecule has 0 fully saturated rings. The van der Waals surface area contributed by atoms with Crippen LogP contribution in [0.2, 0.25) is 2.52 Å². The average molecular weight is 99.1 g/mol. The van der Waals surface area contributed by atoms with Crippen molar-refractivity contribution >= 4 is 41.8 Å². The molecule has 0 bridgehead atoms. The molecule has 0 aliphatic heterocycles. The monoisotopic (exact) mass is 99.0 g/mol. The summed E-state index contributed by atoms with van der Waals surface area (Å²) in [5.41, 5.74) is 0. The zero-order valence-corrected chi connectivity index (χ0v) is 4.98. The third kappa shape index (κ3) is 4.73. The second kappa shape index (κ2) is 2.94. The first-order chi connectivity index (χ1) is 2.27. The molecule has 2 nitrogen and oxygen atoms in total. The standard InChI is InChI=1S/C2H3O2.Ca/c1-2(3)4;/h1H2,(H,3,4);. The van der Waals surface area contributed by atoms with E-state index in [1.54, 1.807) is 0 Å². The number of hydrogen-bond acceptors (Lipinski definition) is 1. The Balaban J connectivity index is 2.85. The molecule has 0 saturated carbocycles. The molecule has 1 N–H and O–H groups in total. The molecule has 0 aliphatic carbocycles. The van der Waals surface area contributed by atoms with E-state index in [-0.39, 0.29) is 0 Å². The van der Waals surface area contributed by atoms with E-state index in [1.807, 2.05) is 0 Å². The van der Waals surface area contributed by atoms with Gasteiger partial charge in [0.1, 0.15) is 0 Å². The van der Waals surface area contributed by atoms with E-state index < -0.39 is 5.97 Å². The van der Waals surface area contributed by atoms with Crippen LogP contribution in [0.25, 0.3) is 0 Å². The predicted molar refractivity (Wildman–Crippen MR) is 18.2 cm³/mol. The molecule has 0 atom stereocenters. The predicted octanol–water partition coefficient (Wildman–Crippen LogP) is -0.342. The number of carboxylic acids is 1. The van der Waals surface area contributed by atoms with Gasteiger partial charge >= 0.3 is 54.2 Å². The molecule has 0 amide bonds. The van der Waals surface area contributed by atoms with Gasteiger partial charge in [-0.3, -0.25) is 0 Å². The first-order valence-electron chi connectivity index (χ1n) is 1.28. The Kier molecular flexibility index (Phi) is 3.37. The molecule has 0 aromatic rings. The van der Waals surface area contributed by atoms with Gasteiger partial charge in [0.15, 0.2) is 0 Å². The Hall–Kier alpha value is 0.730. The third-order valence-electron chi connectivity index (χ3n) is 0.214. The van der Waals surface area contributed by atoms with E-state index in [0.29, 0.717) is 2.52 Å². The van der Waals surface area contributed by atoms with E-state index in [1.165, 1.54) is 0 Å². The molecule has 0 spiro atoms. The van der Waals surface area contributed by atoms with Gasteiger partial charge in [0.2, 0.25) is 0 Å². The van der Waals surface area contributed by atoms with Gasteiger partial charge in [-0.1, -0.05) is 0 Å². The summed E-state index contributed by atoms with van der Waals surface area (Å²) in [5.74, 6) is -0.690. The fraction of sp³-hybridized carbons (Fsp3) is 0.500. The van der Waals surface area contributed by atoms with Crippen LogP contribution in [0.4, 0.5) is 0 Å². The van der Waals surface area contributed by atoms with Crippen LogP contribution in [0, 0.1) is 0 Å². The number of hydrogen-bond donors (Lipinski definition) is 1. The Morgan fingerprint density at radius 1 is 2.00 bits per heavy atom. The summed E-state index contributed by atoms with van der Waals surface area (Å²) in [6.45, 7) is 0. The van der Waals surface area contributed by atoms with E-state index in [2.05, 4.69) is 0 Å². The van der Waals surface area contributed by atoms with Crippen molar-refractivity contribution in [2.24, 2.45) is 0 Å². The molecule has 5 heavy (non-hydrogen) atoms. The Morgan fingerprint density at radius 3 is 2.20 bits per heavy atom. The fourth-order valence-electron chi connectivity index (χ4n) is 0. The van der Waals surface area contributed by atoms with Crippen molar-refractivity contribution < 1.29 is 9.90 Å². The number of carbonyl (C=O) groups is 1. The summed E-state index contributed by atoms with van der Waals surface area (Å²) in [4.78, 5) is 9.40. The van der Waals surface area contributed by atoms with Crippen LogP contribution in [0.3, 0.4) is 0 Å². The van der Waals surface area contributed by atoms with Gasteiger partial charge in [-0.25, -0.2) is 0 Å². The zero-order valence-electron chi connectivity index (χ0n) is 2.77. The molecule has 0 unspecified atom stereocenters. The number of carboxylic acid groups (broad SMARTS) is 1. The summed E-state index contributed by atoms with van der Waals surface area (Å²) in [5, 5.41) is 7.75. The summed E-state index contributed by atoms with van der Waals surface area (Å²) >= 11 is 0.856. The second-order valence-corrected chi connectivity index (χ2v) is 1.42. The Labute approximate surface area is 53.8 Å². The molecule has 0 aromatic heterocycles. The average Bonchev–Trinajstić information content (AvgIpc) is 1.38. The van der Waals surface area contributed by atoms with Crippen molar-refractivity contribution in [1.29, 1.82) is 0 Å². The molecular formula is C2H3CaO2. The van der Waals surface area contributed by atoms with Crippen LogP contribution < -0.4 is 0 Å². The maximum absolute atomic E-state index is 9.40. The molecule has 0 saturated heterocycles. The Morgan fingerprint density at radius 2 is 2.20 bits per heavy atom. The first kappa shape index (κ1) is 5.73. The fourth-order valence-corrected chi connectivity index (χ4v) is 0. The molecule has 25 valence electrons. The van der Waals surface area contributed by atoms with Gasteiger partial charge in [0.05, 0.1) is 0 Å². The normalized spacial score (nSPS) is 7.00. The van der Waals surface area contributed by atoms with Crippen molar-refractivity contribution in [3.8, 4) is 0 Å². The van der Waals surface area contributed by atoms with Crippen molar-refractivity contribution in [3.05, 3.63) is 0 Å². The van der Waals surface area contributed by atoms with Crippen LogP contribution in [-0.2, 0) is 4.79 Å². The second-order valence-electron chi connectivity index (χ2n) is 0.644. The summed E-state index contributed by atoms with van der Waals surface area (Å²) in [6.07, 6.45) is 0. The van der Waals surface area contributed by atoms with Gasteiger partial charge in [-0.2, -0.15) is 0 Å². The van der Waals surface area contributed by atoms with Gasteiger partial charge in [-0.15, -0.1) is 0 Å². The van der Waals surface area contributed by atoms with Crippen LogP contribution in [0.5, 0.6) is 0 Å². The summed E-state index contributed by atoms with van der Waals surface area (Å²) in [6, 6.07) is 0. The van der Waals surface area contributed by atoms with Gasteiger partial charge in [-0.05, 0) is 0 Å². The SMILES string of the molecule is O=C(O)[CH2][Ca]. The molecular weight excluding hydrogens is 96.1 g/mol. The minimum absolute atomic E-state index is 0.347. The van der Waals surface area contributed by atoms with E-state index in [9.17, 15) is 4.79 Å². The minimum atomic E-state index is -0.690. The van der Waals surface area contributed by atoms with Crippen LogP contribution >= 0.6 is 0 Å². The summed E-state index contributed by atoms with van der Waals surface area (Å²) in [7, 11) is 0. The molecule has 0 heterocycles. The molecule has 0 aliphatic rings. The van der Waals surface area contributed by atoms with Crippen LogP contribution in [-0.4, -0.2) is 46.9 Å². The van der Waals surface area contributed by atoms with Crippen LogP contribution in [0.15, 0.2) is 0 Å². The third-order valence-corrected chi connectivity index (χ3v) is 0.882. The number of rotatable bonds is 1. The number of aliphatic carboxylic acids is 1. The molecule has 1 radical (unpaired) electrons. The molecule has 0 rings (SSSR count). The van der Waals surface area contributed by atoms with Crippen molar-refractivity contribution in [2.45, 2.75) is 2.52 Å². The Bertz CT molecular complexity index is 42.9.